The van der Waals surface area contributed by atoms with E-state index in [1.165, 1.54) is 4.90 Å². The van der Waals surface area contributed by atoms with Gasteiger partial charge in [0.05, 0.1) is 6.54 Å². The smallest absolute Gasteiger partial charge is 0.294 e. The average molecular weight is 352 g/mol. The molecule has 0 aliphatic heterocycles. The summed E-state index contributed by atoms with van der Waals surface area (Å²) in [6.45, 7) is 2.49. The fourth-order valence-electron chi connectivity index (χ4n) is 1.80. The summed E-state index contributed by atoms with van der Waals surface area (Å²) >= 11 is 3.26. The second-order valence-electron chi connectivity index (χ2n) is 4.86. The second-order valence-corrected chi connectivity index (χ2v) is 5.78. The van der Waals surface area contributed by atoms with E-state index in [1.54, 1.807) is 38.1 Å². The number of hydrogen-bond acceptors (Lipinski definition) is 2. The number of carbonyl (C=O) groups excluding carboxylic acids is 1. The minimum absolute atomic E-state index is 0.0741. The number of nitrogens with zero attached hydrogens (tertiary/aromatic N) is 1. The van der Waals surface area contributed by atoms with Crippen molar-refractivity contribution < 1.29 is 18.0 Å². The zero-order valence-electron chi connectivity index (χ0n) is 11.4. The van der Waals surface area contributed by atoms with Gasteiger partial charge in [-0.25, -0.2) is 0 Å². The lowest BCUT2D eigenvalue weighted by molar-refractivity contribution is -0.149. The average Bonchev–Trinajstić information content (AvgIpc) is 2.32. The van der Waals surface area contributed by atoms with Gasteiger partial charge in [-0.15, -0.1) is 0 Å². The van der Waals surface area contributed by atoms with E-state index in [9.17, 15) is 18.0 Å². The fourth-order valence-corrected chi connectivity index (χ4v) is 2.20. The minimum Gasteiger partial charge on any atom is -0.294 e. The fraction of sp³-hybridized carbons (Fsp3) is 0.500. The molecular formula is C14H17BrF3NO. The van der Waals surface area contributed by atoms with Crippen LogP contribution in [0.3, 0.4) is 0 Å². The van der Waals surface area contributed by atoms with Gasteiger partial charge in [-0.2, -0.15) is 13.2 Å². The van der Waals surface area contributed by atoms with Crippen LogP contribution in [0.15, 0.2) is 28.7 Å². The van der Waals surface area contributed by atoms with E-state index < -0.39 is 12.7 Å². The summed E-state index contributed by atoms with van der Waals surface area (Å²) in [6.07, 6.45) is -4.17. The van der Waals surface area contributed by atoms with Crippen molar-refractivity contribution in [2.45, 2.75) is 32.5 Å². The van der Waals surface area contributed by atoms with Crippen molar-refractivity contribution in [3.63, 3.8) is 0 Å². The van der Waals surface area contributed by atoms with Crippen LogP contribution >= 0.6 is 15.9 Å². The third-order valence-electron chi connectivity index (χ3n) is 2.89. The van der Waals surface area contributed by atoms with Crippen LogP contribution in [0.5, 0.6) is 0 Å². The lowest BCUT2D eigenvalue weighted by Gasteiger charge is -2.27. The molecule has 0 spiro atoms. The lowest BCUT2D eigenvalue weighted by atomic mass is 10.1. The van der Waals surface area contributed by atoms with Crippen LogP contribution in [0.1, 0.15) is 30.6 Å². The van der Waals surface area contributed by atoms with E-state index in [4.69, 9.17) is 0 Å². The van der Waals surface area contributed by atoms with Crippen LogP contribution in [0, 0.1) is 0 Å². The molecule has 2 nitrogen and oxygen atoms in total. The Bertz CT molecular complexity index is 460. The van der Waals surface area contributed by atoms with Crippen molar-refractivity contribution in [2.24, 2.45) is 0 Å². The van der Waals surface area contributed by atoms with Crippen LogP contribution < -0.4 is 0 Å². The van der Waals surface area contributed by atoms with Gasteiger partial charge >= 0.3 is 6.18 Å². The summed E-state index contributed by atoms with van der Waals surface area (Å²) in [5.41, 5.74) is 0.509. The molecule has 0 amide bonds. The Labute approximate surface area is 125 Å². The minimum atomic E-state index is -4.25. The number of halogens is 4. The maximum Gasteiger partial charge on any atom is 0.401 e. The lowest BCUT2D eigenvalue weighted by Crippen LogP contribution is -2.40. The molecule has 20 heavy (non-hydrogen) atoms. The SMILES string of the molecule is CC(C)N(CCC(=O)c1cccc(Br)c1)CC(F)(F)F. The summed E-state index contributed by atoms with van der Waals surface area (Å²) in [5.74, 6) is -0.154. The van der Waals surface area contributed by atoms with Crippen LogP contribution in [0.2, 0.25) is 0 Å². The monoisotopic (exact) mass is 351 g/mol. The number of benzene rings is 1. The summed E-state index contributed by atoms with van der Waals surface area (Å²) in [7, 11) is 0. The van der Waals surface area contributed by atoms with Crippen LogP contribution in [0.4, 0.5) is 13.2 Å². The zero-order valence-corrected chi connectivity index (χ0v) is 13.0. The Morgan fingerprint density at radius 2 is 2.00 bits per heavy atom. The molecule has 6 heteroatoms. The number of hydrogen-bond donors (Lipinski definition) is 0. The van der Waals surface area contributed by atoms with E-state index in [-0.39, 0.29) is 24.8 Å². The molecule has 0 saturated carbocycles. The molecule has 0 atom stereocenters. The van der Waals surface area contributed by atoms with Crippen LogP contribution in [0.25, 0.3) is 0 Å². The van der Waals surface area contributed by atoms with Gasteiger partial charge in [0.15, 0.2) is 5.78 Å². The molecular weight excluding hydrogens is 335 g/mol. The first-order valence-corrected chi connectivity index (χ1v) is 7.08. The Morgan fingerprint density at radius 1 is 1.35 bits per heavy atom. The van der Waals surface area contributed by atoms with Gasteiger partial charge in [-0.05, 0) is 26.0 Å². The van der Waals surface area contributed by atoms with Gasteiger partial charge in [0, 0.05) is 29.0 Å². The molecule has 0 aliphatic rings. The maximum atomic E-state index is 12.4. The number of rotatable bonds is 6. The van der Waals surface area contributed by atoms with E-state index >= 15 is 0 Å². The highest BCUT2D eigenvalue weighted by Crippen LogP contribution is 2.19. The number of alkyl halides is 3. The highest BCUT2D eigenvalue weighted by molar-refractivity contribution is 9.10. The Morgan fingerprint density at radius 3 is 2.50 bits per heavy atom. The standard InChI is InChI=1S/C14H17BrF3NO/c1-10(2)19(9-14(16,17)18)7-6-13(20)11-4-3-5-12(15)8-11/h3-5,8,10H,6-7,9H2,1-2H3. The van der Waals surface area contributed by atoms with Crippen molar-refractivity contribution in [1.82, 2.24) is 4.90 Å². The topological polar surface area (TPSA) is 20.3 Å². The van der Waals surface area contributed by atoms with Crippen molar-refractivity contribution in [1.29, 1.82) is 0 Å². The Balaban J connectivity index is 2.61. The summed E-state index contributed by atoms with van der Waals surface area (Å²) in [5, 5.41) is 0. The summed E-state index contributed by atoms with van der Waals surface area (Å²) in [4.78, 5) is 13.2. The third-order valence-corrected chi connectivity index (χ3v) is 3.38. The largest absolute Gasteiger partial charge is 0.401 e. The van der Waals surface area contributed by atoms with Gasteiger partial charge in [-0.1, -0.05) is 28.1 Å². The predicted molar refractivity (Wildman–Crippen MR) is 75.9 cm³/mol. The maximum absolute atomic E-state index is 12.4. The molecule has 0 N–H and O–H groups in total. The highest BCUT2D eigenvalue weighted by atomic mass is 79.9. The predicted octanol–water partition coefficient (Wildman–Crippen LogP) is 4.29. The van der Waals surface area contributed by atoms with Gasteiger partial charge in [0.2, 0.25) is 0 Å². The van der Waals surface area contributed by atoms with E-state index in [0.29, 0.717) is 5.56 Å². The van der Waals surface area contributed by atoms with E-state index in [1.807, 2.05) is 0 Å². The molecule has 0 aliphatic carbocycles. The molecule has 0 unspecified atom stereocenters. The molecule has 0 saturated heterocycles. The van der Waals surface area contributed by atoms with Crippen molar-refractivity contribution in [3.8, 4) is 0 Å². The van der Waals surface area contributed by atoms with E-state index in [2.05, 4.69) is 15.9 Å². The molecule has 0 fully saturated rings. The molecule has 112 valence electrons. The van der Waals surface area contributed by atoms with Crippen LogP contribution in [-0.4, -0.2) is 36.0 Å². The first-order chi connectivity index (χ1) is 9.19. The molecule has 0 bridgehead atoms. The quantitative estimate of drug-likeness (QED) is 0.712. The Hall–Kier alpha value is -0.880. The first-order valence-electron chi connectivity index (χ1n) is 6.28. The van der Waals surface area contributed by atoms with Gasteiger partial charge in [0.25, 0.3) is 0 Å². The van der Waals surface area contributed by atoms with Crippen molar-refractivity contribution >= 4 is 21.7 Å². The Kier molecular flexibility index (Phi) is 6.20. The number of ketones is 1. The van der Waals surface area contributed by atoms with Crippen LogP contribution in [-0.2, 0) is 0 Å². The molecule has 1 aromatic rings. The van der Waals surface area contributed by atoms with Gasteiger partial charge < -0.3 is 0 Å². The number of carbonyl (C=O) groups is 1. The molecule has 1 aromatic carbocycles. The van der Waals surface area contributed by atoms with Gasteiger partial charge in [-0.3, -0.25) is 9.69 Å². The summed E-state index contributed by atoms with van der Waals surface area (Å²) < 4.78 is 38.1. The molecule has 1 rings (SSSR count). The van der Waals surface area contributed by atoms with Crippen molar-refractivity contribution in [3.05, 3.63) is 34.3 Å². The van der Waals surface area contributed by atoms with Crippen molar-refractivity contribution in [2.75, 3.05) is 13.1 Å². The normalized spacial score (nSPS) is 12.2. The number of Topliss-reactive ketones (excluding diaryl/α,β-unsaturated/α-hetero) is 1. The zero-order chi connectivity index (χ0) is 15.3. The molecule has 0 heterocycles. The third kappa shape index (κ3) is 6.05. The molecule has 0 aromatic heterocycles. The molecule has 0 radical (unpaired) electrons. The summed E-state index contributed by atoms with van der Waals surface area (Å²) in [6, 6.07) is 6.60. The first kappa shape index (κ1) is 17.2. The highest BCUT2D eigenvalue weighted by Gasteiger charge is 2.31. The van der Waals surface area contributed by atoms with Gasteiger partial charge in [0.1, 0.15) is 0 Å². The second kappa shape index (κ2) is 7.22. The van der Waals surface area contributed by atoms with E-state index in [0.717, 1.165) is 4.47 Å².